The molecule has 0 aliphatic heterocycles. The third kappa shape index (κ3) is 3.36. The normalized spacial score (nSPS) is 11.5. The van der Waals surface area contributed by atoms with E-state index in [0.29, 0.717) is 16.7 Å². The zero-order chi connectivity index (χ0) is 20.5. The van der Waals surface area contributed by atoms with Crippen molar-refractivity contribution in [1.82, 2.24) is 9.55 Å². The lowest BCUT2D eigenvalue weighted by Crippen LogP contribution is -2.22. The summed E-state index contributed by atoms with van der Waals surface area (Å²) < 4.78 is 2.71. The van der Waals surface area contributed by atoms with Crippen molar-refractivity contribution >= 4 is 49.8 Å². The van der Waals surface area contributed by atoms with Gasteiger partial charge in [0.2, 0.25) is 0 Å². The Kier molecular flexibility index (Phi) is 4.77. The van der Waals surface area contributed by atoms with E-state index in [1.165, 1.54) is 0 Å². The molecule has 0 aliphatic rings. The standard InChI is InChI=1S/C26H17BrN2O/c27-20-10-5-7-18(17-20)15-16-25-28-23-13-4-3-12-22(23)26(30)29(25)24-14-6-9-19-8-1-2-11-21(19)24/h1-17H/b16-15-. The first kappa shape index (κ1) is 18.5. The second-order valence-corrected chi connectivity index (χ2v) is 7.93. The predicted octanol–water partition coefficient (Wildman–Crippen LogP) is 6.47. The average Bonchev–Trinajstić information content (AvgIpc) is 2.78. The summed E-state index contributed by atoms with van der Waals surface area (Å²) in [5.41, 5.74) is 2.46. The molecule has 0 N–H and O–H groups in total. The summed E-state index contributed by atoms with van der Waals surface area (Å²) in [4.78, 5) is 18.4. The summed E-state index contributed by atoms with van der Waals surface area (Å²) in [6, 6.07) is 29.6. The maximum Gasteiger partial charge on any atom is 0.266 e. The lowest BCUT2D eigenvalue weighted by atomic mass is 10.1. The molecule has 0 saturated heterocycles. The zero-order valence-corrected chi connectivity index (χ0v) is 17.6. The van der Waals surface area contributed by atoms with Gasteiger partial charge < -0.3 is 0 Å². The number of hydrogen-bond donors (Lipinski definition) is 0. The number of hydrogen-bond acceptors (Lipinski definition) is 2. The van der Waals surface area contributed by atoms with Crippen LogP contribution in [0.3, 0.4) is 0 Å². The molecule has 0 aliphatic carbocycles. The first-order chi connectivity index (χ1) is 14.7. The highest BCUT2D eigenvalue weighted by atomic mass is 79.9. The van der Waals surface area contributed by atoms with E-state index in [9.17, 15) is 4.79 Å². The molecule has 5 aromatic rings. The van der Waals surface area contributed by atoms with E-state index in [1.54, 1.807) is 4.57 Å². The Bertz CT molecular complexity index is 1480. The van der Waals surface area contributed by atoms with Crippen LogP contribution >= 0.6 is 15.9 Å². The molecule has 144 valence electrons. The summed E-state index contributed by atoms with van der Waals surface area (Å²) >= 11 is 3.51. The van der Waals surface area contributed by atoms with E-state index in [4.69, 9.17) is 4.98 Å². The highest BCUT2D eigenvalue weighted by Gasteiger charge is 2.13. The van der Waals surface area contributed by atoms with Crippen LogP contribution in [0.15, 0.2) is 100 Å². The Labute approximate surface area is 182 Å². The van der Waals surface area contributed by atoms with Crippen molar-refractivity contribution in [2.75, 3.05) is 0 Å². The predicted molar refractivity (Wildman–Crippen MR) is 128 cm³/mol. The van der Waals surface area contributed by atoms with Crippen LogP contribution in [-0.4, -0.2) is 9.55 Å². The van der Waals surface area contributed by atoms with Gasteiger partial charge in [0.05, 0.1) is 16.6 Å². The van der Waals surface area contributed by atoms with Crippen LogP contribution in [0.2, 0.25) is 0 Å². The number of para-hydroxylation sites is 1. The third-order valence-electron chi connectivity index (χ3n) is 5.08. The monoisotopic (exact) mass is 452 g/mol. The largest absolute Gasteiger partial charge is 0.268 e. The molecular formula is C26H17BrN2O. The zero-order valence-electron chi connectivity index (χ0n) is 16.0. The number of nitrogens with zero attached hydrogens (tertiary/aromatic N) is 2. The number of fused-ring (bicyclic) bond motifs is 2. The van der Waals surface area contributed by atoms with Crippen molar-refractivity contribution in [2.45, 2.75) is 0 Å². The molecule has 30 heavy (non-hydrogen) atoms. The van der Waals surface area contributed by atoms with E-state index in [-0.39, 0.29) is 5.56 Å². The molecule has 5 rings (SSSR count). The summed E-state index contributed by atoms with van der Waals surface area (Å²) in [6.07, 6.45) is 3.88. The van der Waals surface area contributed by atoms with E-state index in [1.807, 2.05) is 91.0 Å². The average molecular weight is 453 g/mol. The Balaban J connectivity index is 1.80. The summed E-state index contributed by atoms with van der Waals surface area (Å²) in [5, 5.41) is 2.69. The van der Waals surface area contributed by atoms with Crippen molar-refractivity contribution < 1.29 is 0 Å². The highest BCUT2D eigenvalue weighted by Crippen LogP contribution is 2.24. The minimum absolute atomic E-state index is 0.0779. The van der Waals surface area contributed by atoms with Crippen LogP contribution in [0.5, 0.6) is 0 Å². The van der Waals surface area contributed by atoms with Crippen molar-refractivity contribution in [3.8, 4) is 5.69 Å². The summed E-state index contributed by atoms with van der Waals surface area (Å²) in [6.45, 7) is 0. The third-order valence-corrected chi connectivity index (χ3v) is 5.58. The van der Waals surface area contributed by atoms with Crippen LogP contribution in [0.25, 0.3) is 39.5 Å². The van der Waals surface area contributed by atoms with Crippen LogP contribution < -0.4 is 5.56 Å². The number of aromatic nitrogens is 2. The first-order valence-electron chi connectivity index (χ1n) is 9.64. The number of halogens is 1. The molecular weight excluding hydrogens is 436 g/mol. The SMILES string of the molecule is O=c1c2ccccc2nc(/C=C\c2cccc(Br)c2)n1-c1cccc2ccccc12. The summed E-state index contributed by atoms with van der Waals surface area (Å²) in [7, 11) is 0. The minimum Gasteiger partial charge on any atom is -0.268 e. The summed E-state index contributed by atoms with van der Waals surface area (Å²) in [5.74, 6) is 0.593. The molecule has 0 fully saturated rings. The lowest BCUT2D eigenvalue weighted by molar-refractivity contribution is 0.952. The van der Waals surface area contributed by atoms with E-state index in [0.717, 1.165) is 26.5 Å². The van der Waals surface area contributed by atoms with Crippen molar-refractivity contribution in [3.05, 3.63) is 117 Å². The molecule has 0 amide bonds. The molecule has 1 aromatic heterocycles. The highest BCUT2D eigenvalue weighted by molar-refractivity contribution is 9.10. The quantitative estimate of drug-likeness (QED) is 0.314. The van der Waals surface area contributed by atoms with Crippen molar-refractivity contribution in [3.63, 3.8) is 0 Å². The van der Waals surface area contributed by atoms with Gasteiger partial charge in [-0.1, -0.05) is 82.7 Å². The Morgan fingerprint density at radius 2 is 1.50 bits per heavy atom. The van der Waals surface area contributed by atoms with Crippen LogP contribution in [-0.2, 0) is 0 Å². The van der Waals surface area contributed by atoms with Gasteiger partial charge in [0.15, 0.2) is 0 Å². The Morgan fingerprint density at radius 1 is 0.767 bits per heavy atom. The maximum absolute atomic E-state index is 13.5. The molecule has 3 nitrogen and oxygen atoms in total. The lowest BCUT2D eigenvalue weighted by Gasteiger charge is -2.14. The van der Waals surface area contributed by atoms with Crippen molar-refractivity contribution in [2.24, 2.45) is 0 Å². The van der Waals surface area contributed by atoms with E-state index >= 15 is 0 Å². The van der Waals surface area contributed by atoms with Gasteiger partial charge in [-0.05, 0) is 47.4 Å². The molecule has 0 unspecified atom stereocenters. The van der Waals surface area contributed by atoms with Gasteiger partial charge in [-0.15, -0.1) is 0 Å². The van der Waals surface area contributed by atoms with Gasteiger partial charge in [-0.25, -0.2) is 4.98 Å². The topological polar surface area (TPSA) is 34.9 Å². The molecule has 0 saturated carbocycles. The maximum atomic E-state index is 13.5. The Hall–Kier alpha value is -3.50. The van der Waals surface area contributed by atoms with Crippen molar-refractivity contribution in [1.29, 1.82) is 0 Å². The van der Waals surface area contributed by atoms with Gasteiger partial charge in [0.1, 0.15) is 5.82 Å². The van der Waals surface area contributed by atoms with E-state index in [2.05, 4.69) is 28.1 Å². The fraction of sp³-hybridized carbons (Fsp3) is 0. The number of rotatable bonds is 3. The minimum atomic E-state index is -0.0779. The molecule has 4 heteroatoms. The van der Waals surface area contributed by atoms with E-state index < -0.39 is 0 Å². The van der Waals surface area contributed by atoms with Gasteiger partial charge in [0.25, 0.3) is 5.56 Å². The molecule has 0 radical (unpaired) electrons. The fourth-order valence-corrected chi connectivity index (χ4v) is 4.10. The fourth-order valence-electron chi connectivity index (χ4n) is 3.68. The second-order valence-electron chi connectivity index (χ2n) is 7.01. The second kappa shape index (κ2) is 7.73. The van der Waals surface area contributed by atoms with Gasteiger partial charge in [0, 0.05) is 9.86 Å². The Morgan fingerprint density at radius 3 is 2.37 bits per heavy atom. The van der Waals surface area contributed by atoms with Crippen LogP contribution in [0, 0.1) is 0 Å². The smallest absolute Gasteiger partial charge is 0.266 e. The molecule has 0 atom stereocenters. The van der Waals surface area contributed by atoms with Crippen LogP contribution in [0.4, 0.5) is 0 Å². The molecule has 0 bridgehead atoms. The van der Waals surface area contributed by atoms with Gasteiger partial charge >= 0.3 is 0 Å². The first-order valence-corrected chi connectivity index (χ1v) is 10.4. The molecule has 0 spiro atoms. The molecule has 4 aromatic carbocycles. The van der Waals surface area contributed by atoms with Crippen LogP contribution in [0.1, 0.15) is 11.4 Å². The molecule has 1 heterocycles. The van der Waals surface area contributed by atoms with Gasteiger partial charge in [-0.3, -0.25) is 9.36 Å². The number of benzene rings is 4. The van der Waals surface area contributed by atoms with Gasteiger partial charge in [-0.2, -0.15) is 0 Å².